The third-order valence-corrected chi connectivity index (χ3v) is 3.47. The number of benzene rings is 1. The number of aliphatic hydroxyl groups excluding tert-OH is 1. The molecule has 1 fully saturated rings. The van der Waals surface area contributed by atoms with E-state index in [1.165, 1.54) is 18.4 Å². The number of unbranched alkanes of at least 4 members (excludes halogenated alkanes) is 1. The van der Waals surface area contributed by atoms with Crippen LogP contribution in [0.2, 0.25) is 0 Å². The summed E-state index contributed by atoms with van der Waals surface area (Å²) in [7, 11) is 0. The van der Waals surface area contributed by atoms with Gasteiger partial charge in [-0.1, -0.05) is 25.5 Å². The zero-order valence-electron chi connectivity index (χ0n) is 10.9. The number of nitrogens with zero attached hydrogens (tertiary/aromatic N) is 1. The van der Waals surface area contributed by atoms with Gasteiger partial charge in [0.2, 0.25) is 0 Å². The lowest BCUT2D eigenvalue weighted by atomic mass is 10.1. The van der Waals surface area contributed by atoms with Crippen LogP contribution in [0.5, 0.6) is 0 Å². The minimum Gasteiger partial charge on any atom is -0.391 e. The van der Waals surface area contributed by atoms with E-state index in [1.807, 2.05) is 24.3 Å². The van der Waals surface area contributed by atoms with Gasteiger partial charge in [-0.2, -0.15) is 0 Å². The average molecular weight is 247 g/mol. The summed E-state index contributed by atoms with van der Waals surface area (Å²) in [5.41, 5.74) is 2.01. The molecule has 1 N–H and O–H groups in total. The summed E-state index contributed by atoms with van der Waals surface area (Å²) in [6.45, 7) is 3.31. The molecule has 1 atom stereocenters. The van der Waals surface area contributed by atoms with Gasteiger partial charge in [0, 0.05) is 18.7 Å². The topological polar surface area (TPSA) is 40.5 Å². The van der Waals surface area contributed by atoms with E-state index in [9.17, 15) is 9.90 Å². The van der Waals surface area contributed by atoms with Crippen molar-refractivity contribution in [2.24, 2.45) is 0 Å². The summed E-state index contributed by atoms with van der Waals surface area (Å²) in [6, 6.07) is 7.88. The Hall–Kier alpha value is -1.35. The molecule has 0 aromatic heterocycles. The van der Waals surface area contributed by atoms with Crippen molar-refractivity contribution in [2.45, 2.75) is 38.7 Å². The third-order valence-electron chi connectivity index (χ3n) is 3.47. The van der Waals surface area contributed by atoms with Crippen molar-refractivity contribution in [3.63, 3.8) is 0 Å². The lowest BCUT2D eigenvalue weighted by Gasteiger charge is -2.15. The number of amides is 1. The lowest BCUT2D eigenvalue weighted by molar-refractivity contribution is 0.0765. The van der Waals surface area contributed by atoms with Crippen LogP contribution in [0.25, 0.3) is 0 Å². The molecular formula is C15H21NO2. The second kappa shape index (κ2) is 6.01. The van der Waals surface area contributed by atoms with Crippen molar-refractivity contribution < 1.29 is 9.90 Å². The van der Waals surface area contributed by atoms with Crippen molar-refractivity contribution >= 4 is 5.91 Å². The second-order valence-electron chi connectivity index (χ2n) is 4.99. The molecule has 0 bridgehead atoms. The zero-order valence-corrected chi connectivity index (χ0v) is 10.9. The molecule has 1 heterocycles. The number of aryl methyl sites for hydroxylation is 1. The maximum Gasteiger partial charge on any atom is 0.253 e. The van der Waals surface area contributed by atoms with E-state index < -0.39 is 0 Å². The van der Waals surface area contributed by atoms with Gasteiger partial charge in [0.05, 0.1) is 6.10 Å². The predicted molar refractivity (Wildman–Crippen MR) is 71.6 cm³/mol. The van der Waals surface area contributed by atoms with Gasteiger partial charge >= 0.3 is 0 Å². The standard InChI is InChI=1S/C15H21NO2/c1-2-3-4-12-5-7-13(8-6-12)15(18)16-10-9-14(17)11-16/h5-8,14,17H,2-4,9-11H2,1H3. The summed E-state index contributed by atoms with van der Waals surface area (Å²) in [4.78, 5) is 13.9. The molecule has 1 unspecified atom stereocenters. The minimum atomic E-state index is -0.349. The highest BCUT2D eigenvalue weighted by molar-refractivity contribution is 5.94. The minimum absolute atomic E-state index is 0.0357. The molecule has 18 heavy (non-hydrogen) atoms. The zero-order chi connectivity index (χ0) is 13.0. The van der Waals surface area contributed by atoms with Crippen molar-refractivity contribution in [2.75, 3.05) is 13.1 Å². The first kappa shape index (κ1) is 13.1. The van der Waals surface area contributed by atoms with E-state index in [0.717, 1.165) is 12.0 Å². The molecule has 3 heteroatoms. The summed E-state index contributed by atoms with van der Waals surface area (Å²) < 4.78 is 0. The molecule has 2 rings (SSSR count). The van der Waals surface area contributed by atoms with Crippen molar-refractivity contribution in [3.05, 3.63) is 35.4 Å². The van der Waals surface area contributed by atoms with Crippen LogP contribution in [0.4, 0.5) is 0 Å². The highest BCUT2D eigenvalue weighted by Gasteiger charge is 2.25. The Morgan fingerprint density at radius 3 is 2.67 bits per heavy atom. The highest BCUT2D eigenvalue weighted by atomic mass is 16.3. The first-order valence-corrected chi connectivity index (χ1v) is 6.77. The van der Waals surface area contributed by atoms with Gasteiger partial charge in [-0.25, -0.2) is 0 Å². The number of likely N-dealkylation sites (tertiary alicyclic amines) is 1. The van der Waals surface area contributed by atoms with E-state index in [1.54, 1.807) is 4.90 Å². The van der Waals surface area contributed by atoms with Crippen LogP contribution >= 0.6 is 0 Å². The SMILES string of the molecule is CCCCc1ccc(C(=O)N2CCC(O)C2)cc1. The fourth-order valence-electron chi connectivity index (χ4n) is 2.30. The van der Waals surface area contributed by atoms with Crippen LogP contribution in [-0.4, -0.2) is 35.1 Å². The molecule has 0 spiro atoms. The molecule has 3 nitrogen and oxygen atoms in total. The van der Waals surface area contributed by atoms with Crippen LogP contribution in [0.1, 0.15) is 42.1 Å². The third kappa shape index (κ3) is 3.10. The molecule has 0 aliphatic carbocycles. The molecule has 0 radical (unpaired) electrons. The number of hydrogen-bond acceptors (Lipinski definition) is 2. The quantitative estimate of drug-likeness (QED) is 0.886. The van der Waals surface area contributed by atoms with Gasteiger partial charge in [0.25, 0.3) is 5.91 Å². The Labute approximate surface area is 108 Å². The van der Waals surface area contributed by atoms with E-state index in [2.05, 4.69) is 6.92 Å². The van der Waals surface area contributed by atoms with Crippen LogP contribution in [0.3, 0.4) is 0 Å². The summed E-state index contributed by atoms with van der Waals surface area (Å²) in [6.07, 6.45) is 3.80. The summed E-state index contributed by atoms with van der Waals surface area (Å²) >= 11 is 0. The van der Waals surface area contributed by atoms with Crippen molar-refractivity contribution in [3.8, 4) is 0 Å². The average Bonchev–Trinajstić information content (AvgIpc) is 2.83. The fourth-order valence-corrected chi connectivity index (χ4v) is 2.30. The van der Waals surface area contributed by atoms with Crippen LogP contribution < -0.4 is 0 Å². The number of carbonyl (C=O) groups is 1. The van der Waals surface area contributed by atoms with Crippen LogP contribution in [0.15, 0.2) is 24.3 Å². The Morgan fingerprint density at radius 2 is 2.11 bits per heavy atom. The summed E-state index contributed by atoms with van der Waals surface area (Å²) in [5, 5.41) is 9.44. The molecule has 1 saturated heterocycles. The monoisotopic (exact) mass is 247 g/mol. The number of rotatable bonds is 4. The Balaban J connectivity index is 1.98. The molecule has 1 aromatic rings. The maximum absolute atomic E-state index is 12.1. The second-order valence-corrected chi connectivity index (χ2v) is 4.99. The first-order valence-electron chi connectivity index (χ1n) is 6.77. The molecule has 98 valence electrons. The molecule has 1 aliphatic rings. The molecule has 0 saturated carbocycles. The Morgan fingerprint density at radius 1 is 1.39 bits per heavy atom. The molecular weight excluding hydrogens is 226 g/mol. The van der Waals surface area contributed by atoms with E-state index >= 15 is 0 Å². The van der Waals surface area contributed by atoms with Crippen molar-refractivity contribution in [1.29, 1.82) is 0 Å². The van der Waals surface area contributed by atoms with E-state index in [-0.39, 0.29) is 12.0 Å². The lowest BCUT2D eigenvalue weighted by Crippen LogP contribution is -2.29. The number of aliphatic hydroxyl groups is 1. The van der Waals surface area contributed by atoms with Crippen LogP contribution in [-0.2, 0) is 6.42 Å². The summed E-state index contributed by atoms with van der Waals surface area (Å²) in [5.74, 6) is 0.0357. The highest BCUT2D eigenvalue weighted by Crippen LogP contribution is 2.15. The van der Waals surface area contributed by atoms with Gasteiger partial charge < -0.3 is 10.0 Å². The van der Waals surface area contributed by atoms with Gasteiger partial charge in [0.1, 0.15) is 0 Å². The molecule has 1 amide bonds. The van der Waals surface area contributed by atoms with E-state index in [4.69, 9.17) is 0 Å². The number of carbonyl (C=O) groups excluding carboxylic acids is 1. The van der Waals surface area contributed by atoms with Crippen molar-refractivity contribution in [1.82, 2.24) is 4.90 Å². The Kier molecular flexibility index (Phi) is 4.37. The smallest absolute Gasteiger partial charge is 0.253 e. The van der Waals surface area contributed by atoms with Gasteiger partial charge in [-0.3, -0.25) is 4.79 Å². The Bertz CT molecular complexity index is 399. The largest absolute Gasteiger partial charge is 0.391 e. The predicted octanol–water partition coefficient (Wildman–Crippen LogP) is 2.24. The normalized spacial score (nSPS) is 19.2. The van der Waals surface area contributed by atoms with Gasteiger partial charge in [0.15, 0.2) is 0 Å². The van der Waals surface area contributed by atoms with Gasteiger partial charge in [-0.15, -0.1) is 0 Å². The number of β-amino-alcohol motifs (C(OH)–C–C–N with tert-alkyl or cyclic N) is 1. The van der Waals surface area contributed by atoms with Crippen LogP contribution in [0, 0.1) is 0 Å². The van der Waals surface area contributed by atoms with E-state index in [0.29, 0.717) is 19.5 Å². The molecule has 1 aromatic carbocycles. The number of hydrogen-bond donors (Lipinski definition) is 1. The fraction of sp³-hybridized carbons (Fsp3) is 0.533. The first-order chi connectivity index (χ1) is 8.70. The maximum atomic E-state index is 12.1. The molecule has 1 aliphatic heterocycles. The van der Waals surface area contributed by atoms with Gasteiger partial charge in [-0.05, 0) is 37.0 Å².